The quantitative estimate of drug-likeness (QED) is 0.155. The Labute approximate surface area is 247 Å². The molecule has 216 valence electrons. The molecule has 4 aromatic rings. The van der Waals surface area contributed by atoms with E-state index in [9.17, 15) is 14.0 Å². The first-order valence-electron chi connectivity index (χ1n) is 15.6. The van der Waals surface area contributed by atoms with Gasteiger partial charge >= 0.3 is 0 Å². The molecule has 0 spiro atoms. The monoisotopic (exact) mass is 564 g/mol. The van der Waals surface area contributed by atoms with Crippen molar-refractivity contribution < 1.29 is 14.0 Å². The number of fused-ring (bicyclic) bond motifs is 3. The van der Waals surface area contributed by atoms with Crippen molar-refractivity contribution in [3.05, 3.63) is 84.2 Å². The SMILES string of the molecule is CC1CCc2cc(F)ccc2N1C(=O)[C@@H]1CCC[N+](c2c3ccccc3cc3ccccc23)(C2CCN(C=O)CC2)C1. The van der Waals surface area contributed by atoms with E-state index >= 15 is 0 Å². The molecule has 0 aliphatic carbocycles. The first-order chi connectivity index (χ1) is 20.5. The molecule has 2 fully saturated rings. The van der Waals surface area contributed by atoms with Crippen LogP contribution in [0.2, 0.25) is 0 Å². The lowest BCUT2D eigenvalue weighted by Gasteiger charge is -2.52. The van der Waals surface area contributed by atoms with Gasteiger partial charge in [0.15, 0.2) is 0 Å². The number of anilines is 1. The molecule has 0 saturated carbocycles. The van der Waals surface area contributed by atoms with E-state index in [1.807, 2.05) is 9.80 Å². The van der Waals surface area contributed by atoms with E-state index < -0.39 is 0 Å². The summed E-state index contributed by atoms with van der Waals surface area (Å²) in [6.07, 6.45) is 6.26. The molecule has 0 aromatic heterocycles. The topological polar surface area (TPSA) is 40.6 Å². The third-order valence-electron chi connectivity index (χ3n) is 10.4. The second-order valence-corrected chi connectivity index (χ2v) is 12.7. The maximum atomic E-state index is 14.6. The van der Waals surface area contributed by atoms with Crippen LogP contribution >= 0.6 is 0 Å². The van der Waals surface area contributed by atoms with Gasteiger partial charge in [0.2, 0.25) is 12.3 Å². The van der Waals surface area contributed by atoms with Gasteiger partial charge in [0, 0.05) is 48.4 Å². The van der Waals surface area contributed by atoms with Crippen LogP contribution in [0.5, 0.6) is 0 Å². The molecule has 4 aromatic carbocycles. The van der Waals surface area contributed by atoms with Crippen LogP contribution in [0.15, 0.2) is 72.8 Å². The lowest BCUT2D eigenvalue weighted by Crippen LogP contribution is -2.65. The number of carbonyl (C=O) groups is 2. The zero-order chi connectivity index (χ0) is 28.8. The summed E-state index contributed by atoms with van der Waals surface area (Å²) in [5.41, 5.74) is 3.14. The molecule has 5 nitrogen and oxygen atoms in total. The number of benzene rings is 4. The Kier molecular flexibility index (Phi) is 6.97. The maximum Gasteiger partial charge on any atom is 0.236 e. The van der Waals surface area contributed by atoms with E-state index in [-0.39, 0.29) is 23.7 Å². The molecule has 0 bridgehead atoms. The lowest BCUT2D eigenvalue weighted by molar-refractivity contribution is -0.125. The van der Waals surface area contributed by atoms with Gasteiger partial charge in [-0.05, 0) is 85.3 Å². The van der Waals surface area contributed by atoms with Gasteiger partial charge in [0.05, 0.1) is 25.0 Å². The Hall–Kier alpha value is -3.77. The summed E-state index contributed by atoms with van der Waals surface area (Å²) in [5.74, 6) is -0.209. The van der Waals surface area contributed by atoms with E-state index in [4.69, 9.17) is 0 Å². The van der Waals surface area contributed by atoms with Crippen molar-refractivity contribution >= 4 is 45.2 Å². The van der Waals surface area contributed by atoms with Crippen LogP contribution in [0, 0.1) is 11.7 Å². The molecule has 2 saturated heterocycles. The Morgan fingerprint density at radius 3 is 2.29 bits per heavy atom. The second kappa shape index (κ2) is 10.8. The number of rotatable bonds is 4. The number of amides is 2. The van der Waals surface area contributed by atoms with Gasteiger partial charge in [-0.25, -0.2) is 4.39 Å². The van der Waals surface area contributed by atoms with Crippen molar-refractivity contribution in [3.8, 4) is 0 Å². The van der Waals surface area contributed by atoms with Crippen LogP contribution in [-0.2, 0) is 16.0 Å². The first kappa shape index (κ1) is 27.1. The highest BCUT2D eigenvalue weighted by Gasteiger charge is 2.49. The zero-order valence-corrected chi connectivity index (χ0v) is 24.3. The predicted octanol–water partition coefficient (Wildman–Crippen LogP) is 6.84. The minimum absolute atomic E-state index is 0.0773. The Morgan fingerprint density at radius 1 is 0.905 bits per heavy atom. The van der Waals surface area contributed by atoms with Crippen molar-refractivity contribution in [1.82, 2.24) is 9.38 Å². The van der Waals surface area contributed by atoms with Crippen molar-refractivity contribution in [2.24, 2.45) is 5.92 Å². The minimum atomic E-state index is -0.242. The highest BCUT2D eigenvalue weighted by molar-refractivity contribution is 6.10. The van der Waals surface area contributed by atoms with Gasteiger partial charge in [-0.2, -0.15) is 0 Å². The summed E-state index contributed by atoms with van der Waals surface area (Å²) in [7, 11) is 0. The Balaban J connectivity index is 1.36. The first-order valence-corrected chi connectivity index (χ1v) is 15.6. The Morgan fingerprint density at radius 2 is 1.60 bits per heavy atom. The molecule has 3 aliphatic rings. The summed E-state index contributed by atoms with van der Waals surface area (Å²) >= 11 is 0. The Bertz CT molecular complexity index is 1610. The van der Waals surface area contributed by atoms with Crippen LogP contribution in [0.1, 0.15) is 44.6 Å². The molecule has 0 N–H and O–H groups in total. The van der Waals surface area contributed by atoms with Gasteiger partial charge in [0.1, 0.15) is 11.5 Å². The summed E-state index contributed by atoms with van der Waals surface area (Å²) < 4.78 is 14.9. The largest absolute Gasteiger partial charge is 0.345 e. The number of hydrogen-bond donors (Lipinski definition) is 0. The fraction of sp³-hybridized carbons (Fsp3) is 0.389. The van der Waals surface area contributed by atoms with Gasteiger partial charge in [-0.1, -0.05) is 36.4 Å². The van der Waals surface area contributed by atoms with Gasteiger partial charge in [-0.15, -0.1) is 0 Å². The normalized spacial score (nSPS) is 25.0. The summed E-state index contributed by atoms with van der Waals surface area (Å²) in [4.78, 5) is 30.1. The third kappa shape index (κ3) is 4.48. The van der Waals surface area contributed by atoms with Crippen molar-refractivity contribution in [2.45, 2.75) is 57.5 Å². The van der Waals surface area contributed by atoms with Crippen LogP contribution in [-0.4, -0.2) is 55.5 Å². The van der Waals surface area contributed by atoms with Gasteiger partial charge < -0.3 is 9.80 Å². The molecule has 0 radical (unpaired) electrons. The van der Waals surface area contributed by atoms with Crippen LogP contribution < -0.4 is 9.38 Å². The zero-order valence-electron chi connectivity index (χ0n) is 24.3. The average molecular weight is 565 g/mol. The van der Waals surface area contributed by atoms with Crippen LogP contribution in [0.3, 0.4) is 0 Å². The minimum Gasteiger partial charge on any atom is -0.345 e. The average Bonchev–Trinajstić information content (AvgIpc) is 3.03. The summed E-state index contributed by atoms with van der Waals surface area (Å²) in [6.45, 7) is 5.34. The third-order valence-corrected chi connectivity index (χ3v) is 10.4. The summed E-state index contributed by atoms with van der Waals surface area (Å²) in [6, 6.07) is 24.9. The lowest BCUT2D eigenvalue weighted by atomic mass is 9.85. The molecule has 6 heteroatoms. The predicted molar refractivity (Wildman–Crippen MR) is 168 cm³/mol. The van der Waals surface area contributed by atoms with E-state index in [0.717, 1.165) is 86.8 Å². The molecule has 3 aliphatic heterocycles. The van der Waals surface area contributed by atoms with Gasteiger partial charge in [-0.3, -0.25) is 14.1 Å². The number of piperidine rings is 2. The molecule has 2 unspecified atom stereocenters. The van der Waals surface area contributed by atoms with Crippen LogP contribution in [0.25, 0.3) is 21.5 Å². The van der Waals surface area contributed by atoms with Crippen molar-refractivity contribution in [2.75, 3.05) is 31.1 Å². The smallest absolute Gasteiger partial charge is 0.236 e. The summed E-state index contributed by atoms with van der Waals surface area (Å²) in [5, 5.41) is 4.97. The number of halogens is 1. The van der Waals surface area contributed by atoms with E-state index in [2.05, 4.69) is 61.5 Å². The highest BCUT2D eigenvalue weighted by atomic mass is 19.1. The molecule has 7 rings (SSSR count). The fourth-order valence-electron chi connectivity index (χ4n) is 8.32. The molecule has 3 atom stereocenters. The molecule has 42 heavy (non-hydrogen) atoms. The number of likely N-dealkylation sites (tertiary alicyclic amines) is 2. The number of quaternary nitrogens is 1. The van der Waals surface area contributed by atoms with E-state index in [1.165, 1.54) is 33.3 Å². The standard InChI is InChI=1S/C36H39FN3O2/c1-25-12-13-28-22-30(37)14-15-34(28)39(25)36(42)29-9-6-20-40(23-29,31-16-18-38(24-41)19-17-31)35-32-10-4-2-7-26(32)21-27-8-3-5-11-33(27)35/h2-5,7-8,10-11,14-15,21-22,24-25,29,31H,6,9,12-13,16-20,23H2,1H3/q+1/t25?,29-,40?/m1/s1. The molecular weight excluding hydrogens is 525 g/mol. The molecule has 3 heterocycles. The van der Waals surface area contributed by atoms with E-state index in [1.54, 1.807) is 12.1 Å². The van der Waals surface area contributed by atoms with Crippen molar-refractivity contribution in [1.29, 1.82) is 0 Å². The maximum absolute atomic E-state index is 14.6. The van der Waals surface area contributed by atoms with Crippen LogP contribution in [0.4, 0.5) is 15.8 Å². The number of aryl methyl sites for hydroxylation is 1. The number of hydrogen-bond acceptors (Lipinski definition) is 2. The van der Waals surface area contributed by atoms with E-state index in [0.29, 0.717) is 6.04 Å². The van der Waals surface area contributed by atoms with Crippen molar-refractivity contribution in [3.63, 3.8) is 0 Å². The second-order valence-electron chi connectivity index (χ2n) is 12.7. The number of carbonyl (C=O) groups excluding carboxylic acids is 2. The fourth-order valence-corrected chi connectivity index (χ4v) is 8.32. The molecule has 2 amide bonds. The highest BCUT2D eigenvalue weighted by Crippen LogP contribution is 2.46. The number of nitrogens with zero attached hydrogens (tertiary/aromatic N) is 3. The molecular formula is C36H39FN3O2+. The van der Waals surface area contributed by atoms with Gasteiger partial charge in [0.25, 0.3) is 0 Å².